The summed E-state index contributed by atoms with van der Waals surface area (Å²) in [5.74, 6) is -0.801. The van der Waals surface area contributed by atoms with Crippen LogP contribution in [0.15, 0.2) is 48.5 Å². The number of carbonyl (C=O) groups is 3. The van der Waals surface area contributed by atoms with E-state index in [1.165, 1.54) is 0 Å². The van der Waals surface area contributed by atoms with Crippen LogP contribution in [0.4, 0.5) is 11.4 Å². The molecule has 0 N–H and O–H groups in total. The van der Waals surface area contributed by atoms with Crippen molar-refractivity contribution in [3.05, 3.63) is 59.7 Å². The Balaban J connectivity index is 1.39. The normalized spacial score (nSPS) is 17.4. The van der Waals surface area contributed by atoms with Gasteiger partial charge in [-0.2, -0.15) is 0 Å². The molecule has 6 nitrogen and oxygen atoms in total. The molecule has 0 bridgehead atoms. The molecule has 1 fully saturated rings. The van der Waals surface area contributed by atoms with Gasteiger partial charge in [0.15, 0.2) is 5.78 Å². The molecule has 0 atom stereocenters. The molecule has 2 aromatic rings. The van der Waals surface area contributed by atoms with E-state index in [-0.39, 0.29) is 5.78 Å². The Labute approximate surface area is 158 Å². The number of amides is 1. The molecule has 138 valence electrons. The van der Waals surface area contributed by atoms with Crippen molar-refractivity contribution in [2.45, 2.75) is 6.92 Å². The van der Waals surface area contributed by atoms with E-state index in [1.807, 2.05) is 36.4 Å². The molecule has 0 radical (unpaired) electrons. The fourth-order valence-corrected chi connectivity index (χ4v) is 3.64. The van der Waals surface area contributed by atoms with Crippen LogP contribution < -0.4 is 9.80 Å². The molecule has 0 saturated carbocycles. The average Bonchev–Trinajstić information content (AvgIpc) is 2.94. The molecule has 2 aromatic carbocycles. The highest BCUT2D eigenvalue weighted by molar-refractivity contribution is 6.52. The number of carbonyl (C=O) groups excluding carboxylic acids is 3. The van der Waals surface area contributed by atoms with Crippen LogP contribution in [0.1, 0.15) is 27.6 Å². The Morgan fingerprint density at radius 1 is 0.926 bits per heavy atom. The summed E-state index contributed by atoms with van der Waals surface area (Å²) >= 11 is 0. The second-order valence-electron chi connectivity index (χ2n) is 6.93. The third-order valence-electron chi connectivity index (χ3n) is 5.23. The number of Topliss-reactive ketones (excluding diaryl/α,β-unsaturated/α-hetero) is 2. The van der Waals surface area contributed by atoms with Gasteiger partial charge in [0.2, 0.25) is 0 Å². The Bertz CT molecular complexity index is 899. The molecule has 1 saturated heterocycles. The van der Waals surface area contributed by atoms with E-state index in [9.17, 15) is 14.4 Å². The highest BCUT2D eigenvalue weighted by atomic mass is 16.2. The predicted molar refractivity (Wildman–Crippen MR) is 103 cm³/mol. The Morgan fingerprint density at radius 3 is 2.26 bits per heavy atom. The molecule has 0 aromatic heterocycles. The van der Waals surface area contributed by atoms with Crippen molar-refractivity contribution in [3.8, 4) is 0 Å². The standard InChI is InChI=1S/C21H21N3O3/c1-15(25)16-6-8-17(9-7-16)23-12-10-22(11-13-23)14-24-19-5-3-2-4-18(19)20(26)21(24)27/h2-9H,10-14H2,1H3. The van der Waals surface area contributed by atoms with E-state index >= 15 is 0 Å². The van der Waals surface area contributed by atoms with Gasteiger partial charge in [0.05, 0.1) is 17.9 Å². The first-order valence-electron chi connectivity index (χ1n) is 9.08. The molecule has 1 amide bonds. The summed E-state index contributed by atoms with van der Waals surface area (Å²) in [6, 6.07) is 14.8. The first kappa shape index (κ1) is 17.4. The van der Waals surface area contributed by atoms with E-state index in [0.717, 1.165) is 31.9 Å². The fourth-order valence-electron chi connectivity index (χ4n) is 3.64. The third kappa shape index (κ3) is 3.24. The van der Waals surface area contributed by atoms with Crippen molar-refractivity contribution in [3.63, 3.8) is 0 Å². The monoisotopic (exact) mass is 363 g/mol. The lowest BCUT2D eigenvalue weighted by atomic mass is 10.1. The van der Waals surface area contributed by atoms with Crippen LogP contribution in [-0.2, 0) is 4.79 Å². The van der Waals surface area contributed by atoms with Gasteiger partial charge in [-0.15, -0.1) is 0 Å². The number of rotatable bonds is 4. The predicted octanol–water partition coefficient (Wildman–Crippen LogP) is 2.20. The van der Waals surface area contributed by atoms with E-state index < -0.39 is 11.7 Å². The minimum absolute atomic E-state index is 0.0662. The fraction of sp³-hybridized carbons (Fsp3) is 0.286. The second-order valence-corrected chi connectivity index (χ2v) is 6.93. The average molecular weight is 363 g/mol. The number of benzene rings is 2. The van der Waals surface area contributed by atoms with E-state index in [2.05, 4.69) is 9.80 Å². The van der Waals surface area contributed by atoms with Gasteiger partial charge in [0.1, 0.15) is 0 Å². The van der Waals surface area contributed by atoms with Gasteiger partial charge < -0.3 is 4.90 Å². The molecule has 27 heavy (non-hydrogen) atoms. The van der Waals surface area contributed by atoms with Crippen molar-refractivity contribution in [1.29, 1.82) is 0 Å². The Kier molecular flexibility index (Phi) is 4.49. The minimum Gasteiger partial charge on any atom is -0.369 e. The minimum atomic E-state index is -0.446. The summed E-state index contributed by atoms with van der Waals surface area (Å²) in [6.07, 6.45) is 0. The SMILES string of the molecule is CC(=O)c1ccc(N2CCN(CN3C(=O)C(=O)c4ccccc43)CC2)cc1. The van der Waals surface area contributed by atoms with Crippen LogP contribution in [-0.4, -0.2) is 55.2 Å². The van der Waals surface area contributed by atoms with Crippen LogP contribution in [0, 0.1) is 0 Å². The smallest absolute Gasteiger partial charge is 0.300 e. The molecule has 0 aliphatic carbocycles. The lowest BCUT2D eigenvalue weighted by molar-refractivity contribution is -0.114. The van der Waals surface area contributed by atoms with Crippen molar-refractivity contribution >= 4 is 28.8 Å². The van der Waals surface area contributed by atoms with Gasteiger partial charge in [0.25, 0.3) is 5.78 Å². The highest BCUT2D eigenvalue weighted by Crippen LogP contribution is 2.29. The van der Waals surface area contributed by atoms with E-state index in [0.29, 0.717) is 23.5 Å². The molecule has 4 rings (SSSR count). The summed E-state index contributed by atoms with van der Waals surface area (Å²) < 4.78 is 0. The summed E-state index contributed by atoms with van der Waals surface area (Å²) in [4.78, 5) is 41.9. The number of hydrogen-bond donors (Lipinski definition) is 0. The second kappa shape index (κ2) is 6.96. The van der Waals surface area contributed by atoms with Crippen LogP contribution in [0.3, 0.4) is 0 Å². The van der Waals surface area contributed by atoms with E-state index in [4.69, 9.17) is 0 Å². The number of nitrogens with zero attached hydrogens (tertiary/aromatic N) is 3. The van der Waals surface area contributed by atoms with Gasteiger partial charge in [-0.05, 0) is 43.3 Å². The number of fused-ring (bicyclic) bond motifs is 1. The largest absolute Gasteiger partial charge is 0.369 e. The maximum atomic E-state index is 12.3. The molecule has 0 spiro atoms. The number of anilines is 2. The zero-order valence-corrected chi connectivity index (χ0v) is 15.2. The number of hydrogen-bond acceptors (Lipinski definition) is 5. The Hall–Kier alpha value is -2.99. The van der Waals surface area contributed by atoms with Gasteiger partial charge in [0, 0.05) is 37.4 Å². The van der Waals surface area contributed by atoms with Crippen LogP contribution in [0.2, 0.25) is 0 Å². The first-order valence-corrected chi connectivity index (χ1v) is 9.08. The number of para-hydroxylation sites is 1. The summed E-state index contributed by atoms with van der Waals surface area (Å²) in [5.41, 5.74) is 3.01. The van der Waals surface area contributed by atoms with Crippen molar-refractivity contribution in [1.82, 2.24) is 4.90 Å². The van der Waals surface area contributed by atoms with Crippen LogP contribution in [0.25, 0.3) is 0 Å². The summed E-state index contributed by atoms with van der Waals surface area (Å²) in [5, 5.41) is 0. The number of piperazine rings is 1. The van der Waals surface area contributed by atoms with Crippen LogP contribution >= 0.6 is 0 Å². The van der Waals surface area contributed by atoms with Crippen molar-refractivity contribution in [2.24, 2.45) is 0 Å². The molecule has 6 heteroatoms. The van der Waals surface area contributed by atoms with Crippen molar-refractivity contribution in [2.75, 3.05) is 42.6 Å². The molecule has 2 aliphatic rings. The molecule has 2 heterocycles. The lowest BCUT2D eigenvalue weighted by Crippen LogP contribution is -2.51. The van der Waals surface area contributed by atoms with Crippen LogP contribution in [0.5, 0.6) is 0 Å². The molecular formula is C21H21N3O3. The zero-order valence-electron chi connectivity index (χ0n) is 15.2. The topological polar surface area (TPSA) is 60.9 Å². The molecule has 2 aliphatic heterocycles. The maximum absolute atomic E-state index is 12.3. The van der Waals surface area contributed by atoms with E-state index in [1.54, 1.807) is 24.0 Å². The molecular weight excluding hydrogens is 342 g/mol. The zero-order chi connectivity index (χ0) is 19.0. The van der Waals surface area contributed by atoms with Gasteiger partial charge in [-0.25, -0.2) is 0 Å². The Morgan fingerprint density at radius 2 is 1.59 bits per heavy atom. The van der Waals surface area contributed by atoms with Gasteiger partial charge >= 0.3 is 5.91 Å². The summed E-state index contributed by atoms with van der Waals surface area (Å²) in [7, 11) is 0. The lowest BCUT2D eigenvalue weighted by Gasteiger charge is -2.37. The quantitative estimate of drug-likeness (QED) is 0.616. The molecule has 0 unspecified atom stereocenters. The number of ketones is 2. The third-order valence-corrected chi connectivity index (χ3v) is 5.23. The van der Waals surface area contributed by atoms with Crippen molar-refractivity contribution < 1.29 is 14.4 Å². The highest BCUT2D eigenvalue weighted by Gasteiger charge is 2.36. The summed E-state index contributed by atoms with van der Waals surface area (Å²) in [6.45, 7) is 5.26. The first-order chi connectivity index (χ1) is 13.0. The van der Waals surface area contributed by atoms with Gasteiger partial charge in [-0.3, -0.25) is 24.2 Å². The van der Waals surface area contributed by atoms with Gasteiger partial charge in [-0.1, -0.05) is 12.1 Å². The maximum Gasteiger partial charge on any atom is 0.300 e.